The van der Waals surface area contributed by atoms with Crippen molar-refractivity contribution < 1.29 is 13.6 Å². The minimum atomic E-state index is -0.689. The molecule has 0 aliphatic carbocycles. The first-order valence-electron chi connectivity index (χ1n) is 7.93. The van der Waals surface area contributed by atoms with Gasteiger partial charge in [-0.05, 0) is 44.0 Å². The molecule has 3 aromatic rings. The molecule has 3 N–H and O–H groups in total. The van der Waals surface area contributed by atoms with Gasteiger partial charge in [-0.15, -0.1) is 0 Å². The zero-order valence-corrected chi connectivity index (χ0v) is 14.0. The van der Waals surface area contributed by atoms with Crippen LogP contribution >= 0.6 is 0 Å². The van der Waals surface area contributed by atoms with E-state index < -0.39 is 23.2 Å². The normalized spacial score (nSPS) is 11.5. The molecule has 0 aliphatic rings. The summed E-state index contributed by atoms with van der Waals surface area (Å²) in [5.41, 5.74) is 1.32. The van der Waals surface area contributed by atoms with Crippen molar-refractivity contribution in [3.8, 4) is 0 Å². The van der Waals surface area contributed by atoms with Gasteiger partial charge in [0, 0.05) is 28.7 Å². The van der Waals surface area contributed by atoms with Gasteiger partial charge >= 0.3 is 6.03 Å². The summed E-state index contributed by atoms with van der Waals surface area (Å²) in [6.07, 6.45) is 2.49. The Balaban J connectivity index is 1.70. The molecule has 4 nitrogen and oxygen atoms in total. The molecule has 130 valence electrons. The van der Waals surface area contributed by atoms with Crippen molar-refractivity contribution in [2.24, 2.45) is 0 Å². The lowest BCUT2D eigenvalue weighted by molar-refractivity contribution is 0.241. The van der Waals surface area contributed by atoms with Crippen LogP contribution in [0.15, 0.2) is 48.7 Å². The molecule has 0 saturated carbocycles. The van der Waals surface area contributed by atoms with E-state index in [1.54, 1.807) is 0 Å². The number of para-hydroxylation sites is 1. The molecule has 2 amide bonds. The van der Waals surface area contributed by atoms with E-state index in [1.165, 1.54) is 0 Å². The molecule has 0 bridgehead atoms. The first kappa shape index (κ1) is 17.0. The van der Waals surface area contributed by atoms with E-state index in [-0.39, 0.29) is 5.69 Å². The third-order valence-corrected chi connectivity index (χ3v) is 3.94. The summed E-state index contributed by atoms with van der Waals surface area (Å²) in [5.74, 6) is -1.30. The summed E-state index contributed by atoms with van der Waals surface area (Å²) in [6, 6.07) is 10.2. The quantitative estimate of drug-likeness (QED) is 0.638. The van der Waals surface area contributed by atoms with Crippen LogP contribution in [0.3, 0.4) is 0 Å². The Morgan fingerprint density at radius 3 is 2.72 bits per heavy atom. The molecular weight excluding hydrogens is 324 g/mol. The third kappa shape index (κ3) is 3.96. The lowest BCUT2D eigenvalue weighted by atomic mass is 9.95. The maximum Gasteiger partial charge on any atom is 0.319 e. The predicted molar refractivity (Wildman–Crippen MR) is 94.6 cm³/mol. The molecule has 3 rings (SSSR count). The van der Waals surface area contributed by atoms with Crippen molar-refractivity contribution in [1.82, 2.24) is 10.3 Å². The largest absolute Gasteiger partial charge is 0.361 e. The number of halogens is 2. The monoisotopic (exact) mass is 343 g/mol. The first-order chi connectivity index (χ1) is 11.8. The Morgan fingerprint density at radius 1 is 1.16 bits per heavy atom. The number of hydrogen-bond donors (Lipinski definition) is 3. The fourth-order valence-corrected chi connectivity index (χ4v) is 2.85. The molecule has 2 aromatic carbocycles. The molecule has 1 aromatic heterocycles. The van der Waals surface area contributed by atoms with E-state index in [9.17, 15) is 13.6 Å². The number of benzene rings is 2. The molecule has 0 atom stereocenters. The number of aromatic nitrogens is 1. The van der Waals surface area contributed by atoms with Crippen LogP contribution < -0.4 is 10.6 Å². The highest BCUT2D eigenvalue weighted by Gasteiger charge is 2.23. The highest BCUT2D eigenvalue weighted by molar-refractivity contribution is 5.90. The average molecular weight is 343 g/mol. The molecule has 25 heavy (non-hydrogen) atoms. The van der Waals surface area contributed by atoms with Crippen molar-refractivity contribution in [2.75, 3.05) is 5.32 Å². The number of hydrogen-bond acceptors (Lipinski definition) is 1. The first-order valence-corrected chi connectivity index (χ1v) is 7.93. The molecule has 1 heterocycles. The van der Waals surface area contributed by atoms with Gasteiger partial charge in [0.1, 0.15) is 11.6 Å². The second kappa shape index (κ2) is 6.55. The fraction of sp³-hybridized carbons (Fsp3) is 0.211. The van der Waals surface area contributed by atoms with E-state index >= 15 is 0 Å². The van der Waals surface area contributed by atoms with Gasteiger partial charge in [0.2, 0.25) is 0 Å². The summed E-state index contributed by atoms with van der Waals surface area (Å²) in [7, 11) is 0. The summed E-state index contributed by atoms with van der Waals surface area (Å²) >= 11 is 0. The minimum Gasteiger partial charge on any atom is -0.361 e. The highest BCUT2D eigenvalue weighted by Crippen LogP contribution is 2.22. The maximum atomic E-state index is 13.6. The number of H-pyrrole nitrogens is 1. The van der Waals surface area contributed by atoms with Crippen LogP contribution in [0, 0.1) is 11.6 Å². The smallest absolute Gasteiger partial charge is 0.319 e. The second-order valence-corrected chi connectivity index (χ2v) is 6.62. The zero-order valence-electron chi connectivity index (χ0n) is 14.0. The standard InChI is InChI=1S/C19H19F2N3O/c1-19(2,10-12-11-22-16-6-4-3-5-14(12)16)24-18(25)23-17-9-13(20)7-8-15(17)21/h3-9,11,22H,10H2,1-2H3,(H2,23,24,25). The van der Waals surface area contributed by atoms with Crippen LogP contribution in [-0.4, -0.2) is 16.6 Å². The lowest BCUT2D eigenvalue weighted by Crippen LogP contribution is -2.47. The summed E-state index contributed by atoms with van der Waals surface area (Å²) in [5, 5.41) is 6.24. The number of aromatic amines is 1. The van der Waals surface area contributed by atoms with Gasteiger partial charge < -0.3 is 15.6 Å². The molecule has 0 aliphatic heterocycles. The molecule has 0 radical (unpaired) electrons. The second-order valence-electron chi connectivity index (χ2n) is 6.62. The van der Waals surface area contributed by atoms with E-state index in [4.69, 9.17) is 0 Å². The Bertz CT molecular complexity index is 918. The summed E-state index contributed by atoms with van der Waals surface area (Å²) < 4.78 is 26.8. The Labute approximate surface area is 144 Å². The van der Waals surface area contributed by atoms with E-state index in [1.807, 2.05) is 44.3 Å². The topological polar surface area (TPSA) is 56.9 Å². The lowest BCUT2D eigenvalue weighted by Gasteiger charge is -2.26. The van der Waals surface area contributed by atoms with E-state index in [0.29, 0.717) is 6.42 Å². The number of anilines is 1. The van der Waals surface area contributed by atoms with Gasteiger partial charge in [-0.2, -0.15) is 0 Å². The van der Waals surface area contributed by atoms with Crippen molar-refractivity contribution in [3.05, 3.63) is 65.9 Å². The number of carbonyl (C=O) groups excluding carboxylic acids is 1. The van der Waals surface area contributed by atoms with Crippen molar-refractivity contribution in [1.29, 1.82) is 0 Å². The van der Waals surface area contributed by atoms with Crippen LogP contribution in [0.25, 0.3) is 10.9 Å². The van der Waals surface area contributed by atoms with Crippen LogP contribution in [0.5, 0.6) is 0 Å². The van der Waals surface area contributed by atoms with Gasteiger partial charge in [-0.25, -0.2) is 13.6 Å². The Morgan fingerprint density at radius 2 is 1.92 bits per heavy atom. The van der Waals surface area contributed by atoms with Crippen LogP contribution in [0.1, 0.15) is 19.4 Å². The fourth-order valence-electron chi connectivity index (χ4n) is 2.85. The van der Waals surface area contributed by atoms with Gasteiger partial charge in [0.25, 0.3) is 0 Å². The highest BCUT2D eigenvalue weighted by atomic mass is 19.1. The summed E-state index contributed by atoms with van der Waals surface area (Å²) in [4.78, 5) is 15.4. The number of rotatable bonds is 4. The number of carbonyl (C=O) groups is 1. The molecule has 0 spiro atoms. The van der Waals surface area contributed by atoms with Crippen LogP contribution in [-0.2, 0) is 6.42 Å². The zero-order chi connectivity index (χ0) is 18.0. The predicted octanol–water partition coefficient (Wildman–Crippen LogP) is 4.59. The number of urea groups is 1. The van der Waals surface area contributed by atoms with E-state index in [0.717, 1.165) is 34.7 Å². The Kier molecular flexibility index (Phi) is 4.44. The van der Waals surface area contributed by atoms with Crippen molar-refractivity contribution in [2.45, 2.75) is 25.8 Å². The van der Waals surface area contributed by atoms with Crippen LogP contribution in [0.2, 0.25) is 0 Å². The van der Waals surface area contributed by atoms with Gasteiger partial charge in [-0.1, -0.05) is 18.2 Å². The minimum absolute atomic E-state index is 0.194. The molecular formula is C19H19F2N3O. The summed E-state index contributed by atoms with van der Waals surface area (Å²) in [6.45, 7) is 3.74. The van der Waals surface area contributed by atoms with E-state index in [2.05, 4.69) is 15.6 Å². The molecule has 0 unspecified atom stereocenters. The SMILES string of the molecule is CC(C)(Cc1c[nH]c2ccccc12)NC(=O)Nc1cc(F)ccc1F. The number of fused-ring (bicyclic) bond motifs is 1. The van der Waals surface area contributed by atoms with Crippen LogP contribution in [0.4, 0.5) is 19.3 Å². The average Bonchev–Trinajstić information content (AvgIpc) is 2.93. The molecule has 6 heteroatoms. The van der Waals surface area contributed by atoms with Crippen molar-refractivity contribution >= 4 is 22.6 Å². The molecule has 0 fully saturated rings. The number of nitrogens with one attached hydrogen (secondary N) is 3. The van der Waals surface area contributed by atoms with Crippen molar-refractivity contribution in [3.63, 3.8) is 0 Å². The van der Waals surface area contributed by atoms with Gasteiger partial charge in [-0.3, -0.25) is 0 Å². The third-order valence-electron chi connectivity index (χ3n) is 3.94. The van der Waals surface area contributed by atoms with Gasteiger partial charge in [0.05, 0.1) is 5.69 Å². The Hall–Kier alpha value is -2.89. The molecule has 0 saturated heterocycles. The maximum absolute atomic E-state index is 13.6. The number of amides is 2. The van der Waals surface area contributed by atoms with Gasteiger partial charge in [0.15, 0.2) is 0 Å².